The van der Waals surface area contributed by atoms with Gasteiger partial charge in [-0.2, -0.15) is 0 Å². The highest BCUT2D eigenvalue weighted by atomic mass is 16.5. The minimum atomic E-state index is -1.26. The molecule has 1 heterocycles. The van der Waals surface area contributed by atoms with Crippen molar-refractivity contribution in [3.63, 3.8) is 0 Å². The Morgan fingerprint density at radius 2 is 1.92 bits per heavy atom. The van der Waals surface area contributed by atoms with E-state index in [0.29, 0.717) is 24.8 Å². The van der Waals surface area contributed by atoms with Crippen LogP contribution in [0.25, 0.3) is 0 Å². The number of hydrogen-bond donors (Lipinski definition) is 3. The minimum absolute atomic E-state index is 0.170. The molecule has 1 aromatic carbocycles. The second-order valence-corrected chi connectivity index (χ2v) is 11.3. The molecule has 6 nitrogen and oxygen atoms in total. The summed E-state index contributed by atoms with van der Waals surface area (Å²) in [6, 6.07) is 9.73. The highest BCUT2D eigenvalue weighted by molar-refractivity contribution is 5.89. The average Bonchev–Trinajstić information content (AvgIpc) is 3.08. The monoisotopic (exact) mass is 493 g/mol. The fourth-order valence-corrected chi connectivity index (χ4v) is 6.90. The largest absolute Gasteiger partial charge is 0.457 e. The Balaban J connectivity index is 1.92. The van der Waals surface area contributed by atoms with E-state index in [-0.39, 0.29) is 29.7 Å². The molecule has 0 aromatic heterocycles. The van der Waals surface area contributed by atoms with Gasteiger partial charge in [0.05, 0.1) is 11.7 Å². The molecule has 0 radical (unpaired) electrons. The lowest BCUT2D eigenvalue weighted by Crippen LogP contribution is -2.60. The predicted octanol–water partition coefficient (Wildman–Crippen LogP) is 3.74. The van der Waals surface area contributed by atoms with Gasteiger partial charge >= 0.3 is 5.97 Å². The maximum absolute atomic E-state index is 14.2. The number of aliphatic hydroxyl groups excluding tert-OH is 1. The molecule has 3 N–H and O–H groups in total. The molecule has 0 bridgehead atoms. The van der Waals surface area contributed by atoms with Gasteiger partial charge in [-0.1, -0.05) is 69.0 Å². The number of carbonyl (C=O) groups excluding carboxylic acids is 2. The fourth-order valence-electron chi connectivity index (χ4n) is 6.90. The van der Waals surface area contributed by atoms with Gasteiger partial charge < -0.3 is 20.3 Å². The summed E-state index contributed by atoms with van der Waals surface area (Å²) < 4.78 is 5.89. The Morgan fingerprint density at radius 1 is 1.22 bits per heavy atom. The Bertz CT molecular complexity index is 1060. The summed E-state index contributed by atoms with van der Waals surface area (Å²) >= 11 is 0. The molecule has 1 saturated carbocycles. The number of esters is 1. The molecule has 1 aromatic rings. The predicted molar refractivity (Wildman–Crippen MR) is 139 cm³/mol. The number of ether oxygens (including phenoxy) is 1. The van der Waals surface area contributed by atoms with E-state index in [9.17, 15) is 19.8 Å². The topological polar surface area (TPSA) is 95.9 Å². The molecule has 4 rings (SSSR count). The van der Waals surface area contributed by atoms with E-state index in [1.54, 1.807) is 19.1 Å². The lowest BCUT2D eigenvalue weighted by molar-refractivity contribution is -0.166. The summed E-state index contributed by atoms with van der Waals surface area (Å²) in [5.74, 6) is -1.75. The van der Waals surface area contributed by atoms with Gasteiger partial charge in [-0.25, -0.2) is 0 Å². The first-order valence-electron chi connectivity index (χ1n) is 12.9. The molecular weight excluding hydrogens is 454 g/mol. The van der Waals surface area contributed by atoms with Crippen molar-refractivity contribution in [1.82, 2.24) is 5.32 Å². The third kappa shape index (κ3) is 4.69. The maximum Gasteiger partial charge on any atom is 0.303 e. The van der Waals surface area contributed by atoms with Crippen LogP contribution in [-0.4, -0.2) is 45.9 Å². The zero-order chi connectivity index (χ0) is 26.3. The molecule has 1 amide bonds. The smallest absolute Gasteiger partial charge is 0.303 e. The molecule has 1 saturated heterocycles. The zero-order valence-electron chi connectivity index (χ0n) is 21.7. The Labute approximate surface area is 214 Å². The number of benzene rings is 1. The minimum Gasteiger partial charge on any atom is -0.457 e. The lowest BCUT2D eigenvalue weighted by Gasteiger charge is -2.52. The van der Waals surface area contributed by atoms with Crippen LogP contribution in [0.15, 0.2) is 66.8 Å². The molecule has 36 heavy (non-hydrogen) atoms. The van der Waals surface area contributed by atoms with E-state index in [1.807, 2.05) is 49.4 Å². The van der Waals surface area contributed by atoms with Crippen molar-refractivity contribution in [3.8, 4) is 0 Å². The van der Waals surface area contributed by atoms with Crippen molar-refractivity contribution in [2.75, 3.05) is 0 Å². The average molecular weight is 494 g/mol. The summed E-state index contributed by atoms with van der Waals surface area (Å²) in [6.07, 6.45) is 7.09. The van der Waals surface area contributed by atoms with Gasteiger partial charge in [0.2, 0.25) is 5.91 Å². The van der Waals surface area contributed by atoms with Gasteiger partial charge in [0.15, 0.2) is 0 Å². The molecule has 9 atom stereocenters. The Hall–Kier alpha value is -2.70. The molecule has 1 aliphatic heterocycles. The number of nitrogens with one attached hydrogen (secondary N) is 1. The summed E-state index contributed by atoms with van der Waals surface area (Å²) in [6.45, 7) is 11.3. The van der Waals surface area contributed by atoms with Crippen molar-refractivity contribution < 1.29 is 24.5 Å². The third-order valence-corrected chi connectivity index (χ3v) is 8.43. The number of rotatable bonds is 3. The van der Waals surface area contributed by atoms with Crippen molar-refractivity contribution >= 4 is 11.9 Å². The van der Waals surface area contributed by atoms with Crippen molar-refractivity contribution in [2.24, 2.45) is 29.1 Å². The Kier molecular flexibility index (Phi) is 7.31. The first-order valence-corrected chi connectivity index (χ1v) is 12.9. The molecule has 2 aliphatic carbocycles. The molecule has 6 heteroatoms. The van der Waals surface area contributed by atoms with Crippen LogP contribution in [0.2, 0.25) is 0 Å². The van der Waals surface area contributed by atoms with E-state index in [2.05, 4.69) is 18.8 Å². The van der Waals surface area contributed by atoms with Gasteiger partial charge in [0, 0.05) is 24.8 Å². The van der Waals surface area contributed by atoms with Crippen LogP contribution in [0, 0.1) is 29.1 Å². The maximum atomic E-state index is 14.2. The number of carbonyl (C=O) groups is 2. The Morgan fingerprint density at radius 3 is 2.58 bits per heavy atom. The van der Waals surface area contributed by atoms with E-state index in [0.717, 1.165) is 5.56 Å². The van der Waals surface area contributed by atoms with Gasteiger partial charge in [-0.3, -0.25) is 9.59 Å². The van der Waals surface area contributed by atoms with E-state index in [1.165, 1.54) is 6.92 Å². The molecule has 3 aliphatic rings. The first kappa shape index (κ1) is 26.4. The van der Waals surface area contributed by atoms with Gasteiger partial charge in [-0.15, -0.1) is 0 Å². The van der Waals surface area contributed by atoms with Crippen molar-refractivity contribution in [3.05, 3.63) is 72.4 Å². The number of aliphatic hydroxyl groups is 2. The van der Waals surface area contributed by atoms with Crippen molar-refractivity contribution in [1.29, 1.82) is 0 Å². The molecule has 9 unspecified atom stereocenters. The normalized spacial score (nSPS) is 42.3. The molecule has 1 spiro atoms. The molecule has 2 fully saturated rings. The standard InChI is InChI=1S/C30H39NO5/c1-18-10-9-13-23-27(33)20(3)19(2)26-24(16-22-11-7-6-8-12-22)31-28(34)30(23,26)25(36-21(4)32)14-15-29(5,35)17-18/h6-9,11-15,18-19,23-27,33,35H,3,10,16-17H2,1-2,4-5H3,(H,31,34)/b13-9-,15-14-. The van der Waals surface area contributed by atoms with E-state index < -0.39 is 35.1 Å². The van der Waals surface area contributed by atoms with Crippen LogP contribution >= 0.6 is 0 Å². The van der Waals surface area contributed by atoms with Crippen LogP contribution in [0.4, 0.5) is 0 Å². The van der Waals surface area contributed by atoms with Gasteiger partial charge in [0.1, 0.15) is 11.5 Å². The second kappa shape index (κ2) is 9.98. The summed E-state index contributed by atoms with van der Waals surface area (Å²) in [7, 11) is 0. The van der Waals surface area contributed by atoms with Crippen LogP contribution in [-0.2, 0) is 20.7 Å². The molecular formula is C30H39NO5. The summed E-state index contributed by atoms with van der Waals surface area (Å²) in [4.78, 5) is 26.5. The summed E-state index contributed by atoms with van der Waals surface area (Å²) in [5.41, 5.74) is -0.635. The van der Waals surface area contributed by atoms with Crippen molar-refractivity contribution in [2.45, 2.75) is 70.8 Å². The van der Waals surface area contributed by atoms with E-state index >= 15 is 0 Å². The number of allylic oxidation sites excluding steroid dienone is 1. The van der Waals surface area contributed by atoms with Crippen LogP contribution in [0.3, 0.4) is 0 Å². The van der Waals surface area contributed by atoms with Gasteiger partial charge in [-0.05, 0) is 55.2 Å². The summed E-state index contributed by atoms with van der Waals surface area (Å²) in [5, 5.41) is 25.8. The van der Waals surface area contributed by atoms with Crippen LogP contribution < -0.4 is 5.32 Å². The quantitative estimate of drug-likeness (QED) is 0.440. The SMILES string of the molecule is C=C1C(C)C2C(Cc3ccccc3)NC(=O)C23C(OC(C)=O)/C=C\C(C)(O)CC(C)C/C=C\C3C1O. The second-order valence-electron chi connectivity index (χ2n) is 11.3. The van der Waals surface area contributed by atoms with Crippen LogP contribution in [0.5, 0.6) is 0 Å². The van der Waals surface area contributed by atoms with Crippen LogP contribution in [0.1, 0.15) is 46.1 Å². The number of hydrogen-bond acceptors (Lipinski definition) is 5. The van der Waals surface area contributed by atoms with Gasteiger partial charge in [0.25, 0.3) is 0 Å². The highest BCUT2D eigenvalue weighted by Crippen LogP contribution is 2.58. The first-order chi connectivity index (χ1) is 17.0. The third-order valence-electron chi connectivity index (χ3n) is 8.43. The highest BCUT2D eigenvalue weighted by Gasteiger charge is 2.68. The zero-order valence-corrected chi connectivity index (χ0v) is 21.7. The fraction of sp³-hybridized carbons (Fsp3) is 0.533. The van der Waals surface area contributed by atoms with E-state index in [4.69, 9.17) is 4.74 Å². The number of amides is 1. The molecule has 194 valence electrons. The lowest BCUT2D eigenvalue weighted by atomic mass is 9.51.